The maximum absolute atomic E-state index is 12.3. The van der Waals surface area contributed by atoms with Gasteiger partial charge in [0.05, 0.1) is 16.7 Å². The van der Waals surface area contributed by atoms with E-state index in [9.17, 15) is 31.1 Å². The number of benzene rings is 5. The maximum Gasteiger partial charge on any atom is 0.417 e. The Morgan fingerprint density at radius 1 is 0.652 bits per heavy atom. The Labute approximate surface area is 262 Å². The highest BCUT2D eigenvalue weighted by atomic mass is 31.1. The van der Waals surface area contributed by atoms with E-state index in [4.69, 9.17) is 9.84 Å². The van der Waals surface area contributed by atoms with Gasteiger partial charge in [-0.3, -0.25) is 0 Å². The van der Waals surface area contributed by atoms with Crippen LogP contribution in [0.3, 0.4) is 0 Å². The second-order valence-corrected chi connectivity index (χ2v) is 13.1. The normalized spacial score (nSPS) is 13.5. The van der Waals surface area contributed by atoms with Crippen LogP contribution >= 0.6 is 7.92 Å². The van der Waals surface area contributed by atoms with Gasteiger partial charge in [-0.15, -0.1) is 0 Å². The first kappa shape index (κ1) is 32.8. The van der Waals surface area contributed by atoms with Crippen molar-refractivity contribution in [2.45, 2.75) is 31.6 Å². The third-order valence-electron chi connectivity index (χ3n) is 7.56. The summed E-state index contributed by atoms with van der Waals surface area (Å²) in [4.78, 5) is 10.4. The van der Waals surface area contributed by atoms with Crippen LogP contribution < -0.4 is 20.7 Å². The Bertz CT molecular complexity index is 1810. The summed E-state index contributed by atoms with van der Waals surface area (Å²) in [7, 11) is -0.688. The van der Waals surface area contributed by atoms with Gasteiger partial charge in [-0.2, -0.15) is 26.3 Å². The molecule has 1 heterocycles. The molecule has 1 aliphatic rings. The van der Waals surface area contributed by atoms with Crippen molar-refractivity contribution in [3.63, 3.8) is 0 Å². The Balaban J connectivity index is 0.000000211. The lowest BCUT2D eigenvalue weighted by Gasteiger charge is -2.37. The van der Waals surface area contributed by atoms with E-state index in [0.717, 1.165) is 11.5 Å². The summed E-state index contributed by atoms with van der Waals surface area (Å²) in [5, 5.41) is 12.5. The lowest BCUT2D eigenvalue weighted by molar-refractivity contribution is -0.162. The maximum atomic E-state index is 12.3. The van der Waals surface area contributed by atoms with Gasteiger partial charge in [-0.25, -0.2) is 4.79 Å². The van der Waals surface area contributed by atoms with Crippen LogP contribution in [0.15, 0.2) is 121 Å². The molecule has 10 heteroatoms. The highest BCUT2D eigenvalue weighted by Crippen LogP contribution is 2.50. The molecule has 0 spiro atoms. The number of aromatic carboxylic acids is 1. The molecule has 0 radical (unpaired) electrons. The fraction of sp³-hybridized carbons (Fsp3) is 0.139. The number of halogens is 6. The first-order chi connectivity index (χ1) is 21.7. The topological polar surface area (TPSA) is 46.5 Å². The van der Waals surface area contributed by atoms with Crippen LogP contribution in [0.25, 0.3) is 0 Å². The molecule has 0 fully saturated rings. The van der Waals surface area contributed by atoms with Gasteiger partial charge in [0.1, 0.15) is 11.5 Å². The van der Waals surface area contributed by atoms with Crippen LogP contribution in [0.2, 0.25) is 0 Å². The van der Waals surface area contributed by atoms with Crippen molar-refractivity contribution in [3.05, 3.63) is 149 Å². The number of carboxylic acid groups (broad SMARTS) is 1. The highest BCUT2D eigenvalue weighted by Gasteiger charge is 2.43. The molecule has 0 aliphatic carbocycles. The number of para-hydroxylation sites is 1. The van der Waals surface area contributed by atoms with Crippen LogP contribution in [-0.4, -0.2) is 11.1 Å². The summed E-state index contributed by atoms with van der Waals surface area (Å²) in [5.41, 5.74) is -2.36. The van der Waals surface area contributed by atoms with Crippen molar-refractivity contribution < 1.29 is 41.0 Å². The van der Waals surface area contributed by atoms with Gasteiger partial charge < -0.3 is 9.84 Å². The minimum Gasteiger partial charge on any atom is -0.478 e. The number of fused-ring (bicyclic) bond motifs is 2. The Kier molecular flexibility index (Phi) is 9.00. The van der Waals surface area contributed by atoms with E-state index in [0.29, 0.717) is 6.07 Å². The number of hydrogen-bond acceptors (Lipinski definition) is 2. The van der Waals surface area contributed by atoms with E-state index >= 15 is 0 Å². The molecule has 236 valence electrons. The van der Waals surface area contributed by atoms with Gasteiger partial charge in [0.15, 0.2) is 0 Å². The number of ether oxygens (including phenoxy) is 1. The third kappa shape index (κ3) is 6.65. The molecule has 5 aromatic carbocycles. The summed E-state index contributed by atoms with van der Waals surface area (Å²) in [5.74, 6) is 0.209. The molecule has 0 atom stereocenters. The zero-order valence-corrected chi connectivity index (χ0v) is 25.4. The quantitative estimate of drug-likeness (QED) is 0.156. The predicted octanol–water partition coefficient (Wildman–Crippen LogP) is 9.30. The second kappa shape index (κ2) is 12.6. The van der Waals surface area contributed by atoms with Gasteiger partial charge in [0.25, 0.3) is 0 Å². The molecule has 3 nitrogen and oxygen atoms in total. The molecule has 5 aromatic rings. The van der Waals surface area contributed by atoms with Gasteiger partial charge in [-0.1, -0.05) is 105 Å². The molecular formula is C36H27F6O3P. The van der Waals surface area contributed by atoms with Crippen molar-refractivity contribution >= 4 is 29.8 Å². The lowest BCUT2D eigenvalue weighted by Crippen LogP contribution is -2.33. The van der Waals surface area contributed by atoms with Crippen molar-refractivity contribution in [2.24, 2.45) is 0 Å². The van der Waals surface area contributed by atoms with E-state index in [1.807, 2.05) is 6.07 Å². The van der Waals surface area contributed by atoms with E-state index in [2.05, 4.69) is 111 Å². The first-order valence-corrected chi connectivity index (χ1v) is 15.4. The minimum absolute atomic E-state index is 0.0366. The zero-order valence-electron chi connectivity index (χ0n) is 24.5. The standard InChI is InChI=1S/C27H23OP.C9H4F6O2/c1-27(2)22-16-9-10-17-23(22)28-24-18-11-19-25(26(24)27)29(20-12-5-3-6-13-20)21-14-7-4-8-15-21;10-8(11,12)5-2-1-4(7(16)17)3-6(5)9(13,14)15/h3-19H,1-2H3;1-3H,(H,16,17). The number of carboxylic acids is 1. The fourth-order valence-corrected chi connectivity index (χ4v) is 8.13. The van der Waals surface area contributed by atoms with Crippen molar-refractivity contribution in [1.29, 1.82) is 0 Å². The summed E-state index contributed by atoms with van der Waals surface area (Å²) in [6.45, 7) is 4.64. The summed E-state index contributed by atoms with van der Waals surface area (Å²) in [6.07, 6.45) is -10.5. The molecule has 1 aliphatic heterocycles. The number of rotatable bonds is 4. The SMILES string of the molecule is CC1(C)c2ccccc2Oc2cccc(P(c3ccccc3)c3ccccc3)c21.O=C(O)c1ccc(C(F)(F)F)c(C(F)(F)F)c1. The van der Waals surface area contributed by atoms with Gasteiger partial charge in [0.2, 0.25) is 0 Å². The molecule has 0 saturated carbocycles. The zero-order chi connectivity index (χ0) is 33.3. The summed E-state index contributed by atoms with van der Waals surface area (Å²) in [6, 6.07) is 37.3. The van der Waals surface area contributed by atoms with E-state index < -0.39 is 42.9 Å². The monoisotopic (exact) mass is 652 g/mol. The van der Waals surface area contributed by atoms with E-state index in [1.54, 1.807) is 0 Å². The predicted molar refractivity (Wildman–Crippen MR) is 167 cm³/mol. The molecular weight excluding hydrogens is 625 g/mol. The fourth-order valence-electron chi connectivity index (χ4n) is 5.48. The van der Waals surface area contributed by atoms with Gasteiger partial charge in [0, 0.05) is 16.5 Å². The van der Waals surface area contributed by atoms with Crippen LogP contribution in [0.5, 0.6) is 11.5 Å². The average Bonchev–Trinajstić information content (AvgIpc) is 3.01. The van der Waals surface area contributed by atoms with E-state index in [-0.39, 0.29) is 17.5 Å². The number of carbonyl (C=O) groups is 1. The largest absolute Gasteiger partial charge is 0.478 e. The third-order valence-corrected chi connectivity index (χ3v) is 10.0. The molecule has 0 aromatic heterocycles. The van der Waals surface area contributed by atoms with Crippen LogP contribution in [-0.2, 0) is 17.8 Å². The Morgan fingerprint density at radius 3 is 1.72 bits per heavy atom. The van der Waals surface area contributed by atoms with Crippen molar-refractivity contribution in [2.75, 3.05) is 0 Å². The second-order valence-electron chi connectivity index (χ2n) is 10.9. The van der Waals surface area contributed by atoms with Crippen molar-refractivity contribution in [1.82, 2.24) is 0 Å². The molecule has 0 saturated heterocycles. The van der Waals surface area contributed by atoms with Crippen molar-refractivity contribution in [3.8, 4) is 11.5 Å². The summed E-state index contributed by atoms with van der Waals surface area (Å²) < 4.78 is 80.2. The molecule has 46 heavy (non-hydrogen) atoms. The molecule has 0 unspecified atom stereocenters. The van der Waals surface area contributed by atoms with Gasteiger partial charge in [-0.05, 0) is 54.2 Å². The average molecular weight is 653 g/mol. The molecule has 1 N–H and O–H groups in total. The number of alkyl halides is 6. The van der Waals surface area contributed by atoms with Crippen LogP contribution in [0.1, 0.15) is 46.5 Å². The van der Waals surface area contributed by atoms with Crippen LogP contribution in [0, 0.1) is 0 Å². The molecule has 0 amide bonds. The first-order valence-electron chi connectivity index (χ1n) is 14.0. The Morgan fingerprint density at radius 2 is 1.17 bits per heavy atom. The Hall–Kier alpha value is -4.62. The minimum atomic E-state index is -5.27. The smallest absolute Gasteiger partial charge is 0.417 e. The summed E-state index contributed by atoms with van der Waals surface area (Å²) >= 11 is 0. The molecule has 6 rings (SSSR count). The lowest BCUT2D eigenvalue weighted by atomic mass is 9.76. The van der Waals surface area contributed by atoms with E-state index in [1.165, 1.54) is 27.0 Å². The highest BCUT2D eigenvalue weighted by molar-refractivity contribution is 7.80. The number of hydrogen-bond donors (Lipinski definition) is 1. The van der Waals surface area contributed by atoms with Crippen LogP contribution in [0.4, 0.5) is 26.3 Å². The molecule has 0 bridgehead atoms. The van der Waals surface area contributed by atoms with Gasteiger partial charge >= 0.3 is 18.3 Å².